The zero-order valence-electron chi connectivity index (χ0n) is 11.3. The third kappa shape index (κ3) is 3.33. The molecule has 0 heterocycles. The molecule has 20 heavy (non-hydrogen) atoms. The van der Waals surface area contributed by atoms with Crippen LogP contribution in [0.25, 0.3) is 0 Å². The van der Waals surface area contributed by atoms with Crippen molar-refractivity contribution in [2.45, 2.75) is 44.8 Å². The van der Waals surface area contributed by atoms with Gasteiger partial charge in [-0.15, -0.1) is 0 Å². The van der Waals surface area contributed by atoms with E-state index in [2.05, 4.69) is 5.32 Å². The SMILES string of the molecule is Cc1ccc(C(=O)NC2CCC(O)CC2)cc1[N+](=O)[O-]. The number of hydrogen-bond donors (Lipinski definition) is 2. The summed E-state index contributed by atoms with van der Waals surface area (Å²) in [6.45, 7) is 1.64. The maximum absolute atomic E-state index is 12.1. The number of rotatable bonds is 3. The van der Waals surface area contributed by atoms with Crippen LogP contribution >= 0.6 is 0 Å². The Bertz CT molecular complexity index is 522. The summed E-state index contributed by atoms with van der Waals surface area (Å²) in [6.07, 6.45) is 2.56. The highest BCUT2D eigenvalue weighted by atomic mass is 16.6. The fraction of sp³-hybridized carbons (Fsp3) is 0.500. The lowest BCUT2D eigenvalue weighted by Crippen LogP contribution is -2.38. The zero-order chi connectivity index (χ0) is 14.7. The molecule has 108 valence electrons. The van der Waals surface area contributed by atoms with Crippen LogP contribution in [0.5, 0.6) is 0 Å². The van der Waals surface area contributed by atoms with Crippen molar-refractivity contribution in [3.8, 4) is 0 Å². The minimum atomic E-state index is -0.483. The fourth-order valence-corrected chi connectivity index (χ4v) is 2.44. The van der Waals surface area contributed by atoms with Crippen molar-refractivity contribution in [1.82, 2.24) is 5.32 Å². The van der Waals surface area contributed by atoms with Crippen LogP contribution < -0.4 is 5.32 Å². The van der Waals surface area contributed by atoms with E-state index in [9.17, 15) is 20.0 Å². The molecule has 0 spiro atoms. The minimum absolute atomic E-state index is 0.0336. The van der Waals surface area contributed by atoms with E-state index in [0.717, 1.165) is 12.8 Å². The van der Waals surface area contributed by atoms with Crippen molar-refractivity contribution in [3.63, 3.8) is 0 Å². The maximum atomic E-state index is 12.1. The number of carbonyl (C=O) groups is 1. The second-order valence-corrected chi connectivity index (χ2v) is 5.24. The molecular formula is C14H18N2O4. The molecule has 6 nitrogen and oxygen atoms in total. The van der Waals surface area contributed by atoms with Gasteiger partial charge >= 0.3 is 0 Å². The van der Waals surface area contributed by atoms with E-state index in [-0.39, 0.29) is 23.7 Å². The Morgan fingerprint density at radius 1 is 1.35 bits per heavy atom. The number of aryl methyl sites for hydroxylation is 1. The van der Waals surface area contributed by atoms with E-state index in [1.54, 1.807) is 19.1 Å². The molecule has 2 rings (SSSR count). The molecule has 0 bridgehead atoms. The molecule has 1 aromatic carbocycles. The lowest BCUT2D eigenvalue weighted by Gasteiger charge is -2.26. The summed E-state index contributed by atoms with van der Waals surface area (Å²) in [5.41, 5.74) is 0.789. The molecule has 0 atom stereocenters. The first-order valence-electron chi connectivity index (χ1n) is 6.71. The molecule has 1 aliphatic rings. The minimum Gasteiger partial charge on any atom is -0.393 e. The predicted octanol–water partition coefficient (Wildman–Crippen LogP) is 1.94. The summed E-state index contributed by atoms with van der Waals surface area (Å²) < 4.78 is 0. The van der Waals surface area contributed by atoms with Crippen molar-refractivity contribution < 1.29 is 14.8 Å². The van der Waals surface area contributed by atoms with Gasteiger partial charge in [0.25, 0.3) is 11.6 Å². The van der Waals surface area contributed by atoms with Gasteiger partial charge in [0.15, 0.2) is 0 Å². The van der Waals surface area contributed by atoms with E-state index in [0.29, 0.717) is 24.0 Å². The molecule has 1 amide bonds. The van der Waals surface area contributed by atoms with Crippen LogP contribution in [-0.4, -0.2) is 28.1 Å². The van der Waals surface area contributed by atoms with Crippen LogP contribution in [0, 0.1) is 17.0 Å². The highest BCUT2D eigenvalue weighted by Crippen LogP contribution is 2.21. The topological polar surface area (TPSA) is 92.5 Å². The van der Waals surface area contributed by atoms with Crippen LogP contribution in [0.2, 0.25) is 0 Å². The number of carbonyl (C=O) groups excluding carboxylic acids is 1. The first kappa shape index (κ1) is 14.5. The standard InChI is InChI=1S/C14H18N2O4/c1-9-2-3-10(8-13(9)16(19)20)14(18)15-11-4-6-12(17)7-5-11/h2-3,8,11-12,17H,4-7H2,1H3,(H,15,18). The van der Waals surface area contributed by atoms with Crippen molar-refractivity contribution in [2.75, 3.05) is 0 Å². The number of aliphatic hydroxyl groups excluding tert-OH is 1. The molecule has 0 aliphatic heterocycles. The van der Waals surface area contributed by atoms with Crippen molar-refractivity contribution in [3.05, 3.63) is 39.4 Å². The van der Waals surface area contributed by atoms with Crippen LogP contribution in [-0.2, 0) is 0 Å². The van der Waals surface area contributed by atoms with Gasteiger partial charge in [0, 0.05) is 23.2 Å². The Morgan fingerprint density at radius 3 is 2.60 bits per heavy atom. The zero-order valence-corrected chi connectivity index (χ0v) is 11.3. The smallest absolute Gasteiger partial charge is 0.273 e. The Morgan fingerprint density at radius 2 is 2.00 bits per heavy atom. The number of hydrogen-bond acceptors (Lipinski definition) is 4. The highest BCUT2D eigenvalue weighted by molar-refractivity contribution is 5.95. The average molecular weight is 278 g/mol. The van der Waals surface area contributed by atoms with Gasteiger partial charge in [-0.05, 0) is 38.7 Å². The van der Waals surface area contributed by atoms with Gasteiger partial charge in [-0.1, -0.05) is 6.07 Å². The molecule has 0 unspecified atom stereocenters. The molecular weight excluding hydrogens is 260 g/mol. The lowest BCUT2D eigenvalue weighted by atomic mass is 9.93. The van der Waals surface area contributed by atoms with E-state index in [1.165, 1.54) is 6.07 Å². The largest absolute Gasteiger partial charge is 0.393 e. The van der Waals surface area contributed by atoms with Crippen molar-refractivity contribution in [1.29, 1.82) is 0 Å². The van der Waals surface area contributed by atoms with Crippen LogP contribution in [0.1, 0.15) is 41.6 Å². The molecule has 2 N–H and O–H groups in total. The molecule has 1 aromatic rings. The number of nitrogens with one attached hydrogen (secondary N) is 1. The first-order chi connectivity index (χ1) is 9.47. The van der Waals surface area contributed by atoms with Crippen LogP contribution in [0.4, 0.5) is 5.69 Å². The van der Waals surface area contributed by atoms with E-state index in [1.807, 2.05) is 0 Å². The summed E-state index contributed by atoms with van der Waals surface area (Å²) in [5.74, 6) is -0.297. The number of nitro benzene ring substituents is 1. The van der Waals surface area contributed by atoms with Gasteiger partial charge in [0.1, 0.15) is 0 Å². The van der Waals surface area contributed by atoms with Gasteiger partial charge in [-0.25, -0.2) is 0 Å². The Balaban J connectivity index is 2.06. The second kappa shape index (κ2) is 6.00. The molecule has 0 radical (unpaired) electrons. The summed E-state index contributed by atoms with van der Waals surface area (Å²) in [6, 6.07) is 4.52. The molecule has 1 saturated carbocycles. The van der Waals surface area contributed by atoms with Crippen LogP contribution in [0.3, 0.4) is 0 Å². The number of amides is 1. The normalized spacial score (nSPS) is 22.3. The van der Waals surface area contributed by atoms with Gasteiger partial charge in [-0.3, -0.25) is 14.9 Å². The lowest BCUT2D eigenvalue weighted by molar-refractivity contribution is -0.385. The molecule has 1 aliphatic carbocycles. The average Bonchev–Trinajstić information content (AvgIpc) is 2.41. The number of aliphatic hydroxyl groups is 1. The Labute approximate surface area is 117 Å². The monoisotopic (exact) mass is 278 g/mol. The van der Waals surface area contributed by atoms with Crippen molar-refractivity contribution in [2.24, 2.45) is 0 Å². The molecule has 6 heteroatoms. The van der Waals surface area contributed by atoms with E-state index < -0.39 is 4.92 Å². The third-order valence-corrected chi connectivity index (χ3v) is 3.70. The Kier molecular flexibility index (Phi) is 4.34. The molecule has 0 aromatic heterocycles. The first-order valence-corrected chi connectivity index (χ1v) is 6.71. The van der Waals surface area contributed by atoms with Gasteiger partial charge in [0.2, 0.25) is 0 Å². The molecule has 0 saturated heterocycles. The number of nitrogens with zero attached hydrogens (tertiary/aromatic N) is 1. The fourth-order valence-electron chi connectivity index (χ4n) is 2.44. The van der Waals surface area contributed by atoms with Gasteiger partial charge in [0.05, 0.1) is 11.0 Å². The Hall–Kier alpha value is -1.95. The second-order valence-electron chi connectivity index (χ2n) is 5.24. The van der Waals surface area contributed by atoms with E-state index in [4.69, 9.17) is 0 Å². The quantitative estimate of drug-likeness (QED) is 0.652. The maximum Gasteiger partial charge on any atom is 0.273 e. The van der Waals surface area contributed by atoms with Crippen molar-refractivity contribution >= 4 is 11.6 Å². The summed E-state index contributed by atoms with van der Waals surface area (Å²) >= 11 is 0. The summed E-state index contributed by atoms with van der Waals surface area (Å²) in [7, 11) is 0. The van der Waals surface area contributed by atoms with Gasteiger partial charge < -0.3 is 10.4 Å². The summed E-state index contributed by atoms with van der Waals surface area (Å²) in [4.78, 5) is 22.5. The van der Waals surface area contributed by atoms with Crippen LogP contribution in [0.15, 0.2) is 18.2 Å². The van der Waals surface area contributed by atoms with Gasteiger partial charge in [-0.2, -0.15) is 0 Å². The predicted molar refractivity (Wildman–Crippen MR) is 73.6 cm³/mol. The highest BCUT2D eigenvalue weighted by Gasteiger charge is 2.22. The van der Waals surface area contributed by atoms with E-state index >= 15 is 0 Å². The number of benzene rings is 1. The number of nitro groups is 1. The molecule has 1 fully saturated rings. The third-order valence-electron chi connectivity index (χ3n) is 3.70. The summed E-state index contributed by atoms with van der Waals surface area (Å²) in [5, 5.41) is 23.2.